The van der Waals surface area contributed by atoms with Crippen molar-refractivity contribution in [2.24, 2.45) is 0 Å². The van der Waals surface area contributed by atoms with Crippen LogP contribution in [-0.4, -0.2) is 21.9 Å². The summed E-state index contributed by atoms with van der Waals surface area (Å²) in [5, 5.41) is 9.45. The van der Waals surface area contributed by atoms with Crippen molar-refractivity contribution in [3.63, 3.8) is 0 Å². The first-order valence-electron chi connectivity index (χ1n) is 5.27. The predicted octanol–water partition coefficient (Wildman–Crippen LogP) is 3.30. The van der Waals surface area contributed by atoms with Crippen molar-refractivity contribution in [1.82, 2.24) is 10.2 Å². The highest BCUT2D eigenvalue weighted by molar-refractivity contribution is 7.99. The Balaban J connectivity index is 1.72. The first-order valence-corrected chi connectivity index (χ1v) is 7.62. The van der Waals surface area contributed by atoms with Crippen molar-refractivity contribution >= 4 is 46.4 Å². The standard InChI is InChI=1S/C11H12ClN3OS2/c1-7-4-10(15-14-7)13-11(16)6-17-5-8-2-3-9(12)18-8/h2-4H,5-6H2,1H3,(H2,13,14,15,16). The molecule has 7 heteroatoms. The van der Waals surface area contributed by atoms with E-state index in [0.717, 1.165) is 15.8 Å². The number of hydrogen-bond donors (Lipinski definition) is 2. The van der Waals surface area contributed by atoms with Gasteiger partial charge in [0.1, 0.15) is 0 Å². The number of carbonyl (C=O) groups is 1. The number of nitrogens with one attached hydrogen (secondary N) is 2. The maximum absolute atomic E-state index is 11.6. The van der Waals surface area contributed by atoms with Crippen LogP contribution in [0.25, 0.3) is 0 Å². The first-order chi connectivity index (χ1) is 8.63. The summed E-state index contributed by atoms with van der Waals surface area (Å²) in [6, 6.07) is 5.64. The van der Waals surface area contributed by atoms with Crippen LogP contribution in [0.4, 0.5) is 5.82 Å². The zero-order valence-electron chi connectivity index (χ0n) is 9.70. The molecule has 0 aliphatic heterocycles. The summed E-state index contributed by atoms with van der Waals surface area (Å²) in [6.45, 7) is 1.89. The van der Waals surface area contributed by atoms with Gasteiger partial charge >= 0.3 is 0 Å². The Morgan fingerprint density at radius 1 is 1.61 bits per heavy atom. The van der Waals surface area contributed by atoms with Crippen LogP contribution in [0, 0.1) is 6.92 Å². The monoisotopic (exact) mass is 301 g/mol. The van der Waals surface area contributed by atoms with Crippen molar-refractivity contribution in [2.75, 3.05) is 11.1 Å². The topological polar surface area (TPSA) is 57.8 Å². The summed E-state index contributed by atoms with van der Waals surface area (Å²) < 4.78 is 0.780. The number of thiophene rings is 1. The molecule has 2 rings (SSSR count). The molecule has 0 saturated heterocycles. The summed E-state index contributed by atoms with van der Waals surface area (Å²) in [5.41, 5.74) is 0.922. The molecule has 2 aromatic heterocycles. The number of hydrogen-bond acceptors (Lipinski definition) is 4. The summed E-state index contributed by atoms with van der Waals surface area (Å²) in [7, 11) is 0. The molecule has 18 heavy (non-hydrogen) atoms. The number of aromatic nitrogens is 2. The Morgan fingerprint density at radius 3 is 3.06 bits per heavy atom. The minimum Gasteiger partial charge on any atom is -0.308 e. The number of H-pyrrole nitrogens is 1. The van der Waals surface area contributed by atoms with Crippen molar-refractivity contribution in [3.8, 4) is 0 Å². The van der Waals surface area contributed by atoms with Gasteiger partial charge in [-0.25, -0.2) is 0 Å². The lowest BCUT2D eigenvalue weighted by Gasteiger charge is -2.00. The predicted molar refractivity (Wildman–Crippen MR) is 77.4 cm³/mol. The minimum atomic E-state index is -0.0471. The van der Waals surface area contributed by atoms with Crippen molar-refractivity contribution in [2.45, 2.75) is 12.7 Å². The number of nitrogens with zero attached hydrogens (tertiary/aromatic N) is 1. The maximum atomic E-state index is 11.6. The Bertz CT molecular complexity index is 538. The largest absolute Gasteiger partial charge is 0.308 e. The van der Waals surface area contributed by atoms with Crippen molar-refractivity contribution in [1.29, 1.82) is 0 Å². The second-order valence-corrected chi connectivity index (χ2v) is 6.47. The zero-order valence-corrected chi connectivity index (χ0v) is 12.1. The lowest BCUT2D eigenvalue weighted by atomic mass is 10.5. The van der Waals surface area contributed by atoms with Gasteiger partial charge in [0.15, 0.2) is 5.82 Å². The fourth-order valence-corrected chi connectivity index (χ4v) is 3.36. The van der Waals surface area contributed by atoms with E-state index in [-0.39, 0.29) is 5.91 Å². The van der Waals surface area contributed by atoms with Gasteiger partial charge in [-0.1, -0.05) is 11.6 Å². The van der Waals surface area contributed by atoms with E-state index < -0.39 is 0 Å². The molecule has 4 nitrogen and oxygen atoms in total. The van der Waals surface area contributed by atoms with Gasteiger partial charge in [-0.05, 0) is 19.1 Å². The molecular formula is C11H12ClN3OS2. The van der Waals surface area contributed by atoms with Gasteiger partial charge in [-0.2, -0.15) is 5.10 Å². The molecule has 0 fully saturated rings. The summed E-state index contributed by atoms with van der Waals surface area (Å²) in [6.07, 6.45) is 0. The van der Waals surface area contributed by atoms with E-state index in [4.69, 9.17) is 11.6 Å². The minimum absolute atomic E-state index is 0.0471. The fraction of sp³-hybridized carbons (Fsp3) is 0.273. The summed E-state index contributed by atoms with van der Waals surface area (Å²) >= 11 is 8.93. The quantitative estimate of drug-likeness (QED) is 0.891. The average Bonchev–Trinajstić information content (AvgIpc) is 2.88. The van der Waals surface area contributed by atoms with Crippen molar-refractivity contribution < 1.29 is 4.79 Å². The highest BCUT2D eigenvalue weighted by Crippen LogP contribution is 2.25. The van der Waals surface area contributed by atoms with Gasteiger partial charge in [0.2, 0.25) is 5.91 Å². The van der Waals surface area contributed by atoms with E-state index in [0.29, 0.717) is 11.6 Å². The third-order valence-electron chi connectivity index (χ3n) is 2.08. The number of thioether (sulfide) groups is 1. The van der Waals surface area contributed by atoms with Gasteiger partial charge in [0.25, 0.3) is 0 Å². The molecule has 1 amide bonds. The van der Waals surface area contributed by atoms with Gasteiger partial charge in [-0.3, -0.25) is 9.89 Å². The van der Waals surface area contributed by atoms with Crippen LogP contribution in [0.1, 0.15) is 10.6 Å². The second kappa shape index (κ2) is 6.26. The molecule has 0 atom stereocenters. The molecule has 0 aliphatic rings. The lowest BCUT2D eigenvalue weighted by Crippen LogP contribution is -2.14. The molecule has 96 valence electrons. The number of halogens is 1. The second-order valence-electron chi connectivity index (χ2n) is 3.68. The van der Waals surface area contributed by atoms with E-state index in [1.807, 2.05) is 19.1 Å². The molecule has 0 aromatic carbocycles. The fourth-order valence-electron chi connectivity index (χ4n) is 1.33. The molecule has 0 unspecified atom stereocenters. The van der Waals surface area contributed by atoms with Crippen LogP contribution in [0.5, 0.6) is 0 Å². The highest BCUT2D eigenvalue weighted by atomic mass is 35.5. The van der Waals surface area contributed by atoms with Crippen LogP contribution in [0.3, 0.4) is 0 Å². The Kier molecular flexibility index (Phi) is 4.68. The van der Waals surface area contributed by atoms with E-state index in [1.54, 1.807) is 29.2 Å². The molecule has 0 aliphatic carbocycles. The molecular weight excluding hydrogens is 290 g/mol. The Labute approximate surface area is 118 Å². The van der Waals surface area contributed by atoms with Gasteiger partial charge in [-0.15, -0.1) is 23.1 Å². The lowest BCUT2D eigenvalue weighted by molar-refractivity contribution is -0.113. The van der Waals surface area contributed by atoms with Gasteiger partial charge < -0.3 is 5.32 Å². The van der Waals surface area contributed by atoms with Crippen molar-refractivity contribution in [3.05, 3.63) is 33.1 Å². The van der Waals surface area contributed by atoms with Crippen LogP contribution in [0.15, 0.2) is 18.2 Å². The number of carbonyl (C=O) groups excluding carboxylic acids is 1. The molecule has 0 radical (unpaired) electrons. The first kappa shape index (κ1) is 13.5. The average molecular weight is 302 g/mol. The van der Waals surface area contributed by atoms with E-state index >= 15 is 0 Å². The zero-order chi connectivity index (χ0) is 13.0. The number of anilines is 1. The summed E-state index contributed by atoms with van der Waals surface area (Å²) in [4.78, 5) is 12.8. The smallest absolute Gasteiger partial charge is 0.235 e. The SMILES string of the molecule is Cc1cc(NC(=O)CSCc2ccc(Cl)s2)n[nH]1. The molecule has 0 bridgehead atoms. The Hall–Kier alpha value is -0.980. The highest BCUT2D eigenvalue weighted by Gasteiger charge is 2.06. The Morgan fingerprint density at radius 2 is 2.44 bits per heavy atom. The molecule has 2 aromatic rings. The third-order valence-corrected chi connectivity index (χ3v) is 4.48. The molecule has 2 heterocycles. The molecule has 2 N–H and O–H groups in total. The number of aryl methyl sites for hydroxylation is 1. The van der Waals surface area contributed by atoms with Crippen LogP contribution < -0.4 is 5.32 Å². The van der Waals surface area contributed by atoms with Crippen LogP contribution in [-0.2, 0) is 10.5 Å². The normalized spacial score (nSPS) is 10.6. The van der Waals surface area contributed by atoms with Crippen LogP contribution >= 0.6 is 34.7 Å². The molecule has 0 saturated carbocycles. The van der Waals surface area contributed by atoms with E-state index in [2.05, 4.69) is 15.5 Å². The number of amides is 1. The van der Waals surface area contributed by atoms with Crippen LogP contribution in [0.2, 0.25) is 4.34 Å². The van der Waals surface area contributed by atoms with E-state index in [1.165, 1.54) is 4.88 Å². The van der Waals surface area contributed by atoms with E-state index in [9.17, 15) is 4.79 Å². The number of aromatic amines is 1. The number of rotatable bonds is 5. The summed E-state index contributed by atoms with van der Waals surface area (Å²) in [5.74, 6) is 1.72. The van der Waals surface area contributed by atoms with Gasteiger partial charge in [0, 0.05) is 22.4 Å². The molecule has 0 spiro atoms. The maximum Gasteiger partial charge on any atom is 0.235 e. The van der Waals surface area contributed by atoms with Gasteiger partial charge in [0.05, 0.1) is 10.1 Å². The third kappa shape index (κ3) is 4.04.